The Hall–Kier alpha value is -2.24. The van der Waals surface area contributed by atoms with Crippen LogP contribution in [-0.4, -0.2) is 22.6 Å². The molecule has 6 heteroatoms. The van der Waals surface area contributed by atoms with Gasteiger partial charge in [0.05, 0.1) is 5.56 Å². The van der Waals surface area contributed by atoms with Crippen molar-refractivity contribution in [2.24, 2.45) is 0 Å². The summed E-state index contributed by atoms with van der Waals surface area (Å²) >= 11 is 0. The molecule has 100 valence electrons. The van der Waals surface area contributed by atoms with Crippen LogP contribution in [0.4, 0.5) is 4.39 Å². The summed E-state index contributed by atoms with van der Waals surface area (Å²) in [4.78, 5) is 11.0. The van der Waals surface area contributed by atoms with Gasteiger partial charge in [0, 0.05) is 19.4 Å². The lowest BCUT2D eigenvalue weighted by Gasteiger charge is -1.99. The van der Waals surface area contributed by atoms with Gasteiger partial charge in [-0.1, -0.05) is 19.1 Å². The van der Waals surface area contributed by atoms with Gasteiger partial charge in [-0.25, -0.2) is 4.39 Å². The van der Waals surface area contributed by atoms with E-state index in [9.17, 15) is 9.18 Å². The molecular formula is C13H14FN3O2. The summed E-state index contributed by atoms with van der Waals surface area (Å²) in [6.07, 6.45) is 0.859. The molecule has 19 heavy (non-hydrogen) atoms. The van der Waals surface area contributed by atoms with Crippen molar-refractivity contribution in [3.63, 3.8) is 0 Å². The molecule has 0 atom stereocenters. The quantitative estimate of drug-likeness (QED) is 0.895. The molecule has 1 aromatic carbocycles. The smallest absolute Gasteiger partial charge is 0.250 e. The van der Waals surface area contributed by atoms with Gasteiger partial charge in [0.15, 0.2) is 0 Å². The molecule has 1 amide bonds. The van der Waals surface area contributed by atoms with Gasteiger partial charge in [0.25, 0.3) is 5.89 Å². The van der Waals surface area contributed by atoms with E-state index in [-0.39, 0.29) is 17.4 Å². The van der Waals surface area contributed by atoms with Crippen LogP contribution < -0.4 is 5.32 Å². The van der Waals surface area contributed by atoms with E-state index >= 15 is 0 Å². The minimum Gasteiger partial charge on any atom is -0.421 e. The largest absolute Gasteiger partial charge is 0.421 e. The monoisotopic (exact) mass is 263 g/mol. The summed E-state index contributed by atoms with van der Waals surface area (Å²) in [5, 5.41) is 10.3. The second-order valence-electron chi connectivity index (χ2n) is 3.93. The number of nitrogens with zero attached hydrogens (tertiary/aromatic N) is 2. The molecule has 5 nitrogen and oxygen atoms in total. The van der Waals surface area contributed by atoms with E-state index < -0.39 is 5.82 Å². The van der Waals surface area contributed by atoms with Gasteiger partial charge < -0.3 is 9.73 Å². The molecule has 0 fully saturated rings. The second-order valence-corrected chi connectivity index (χ2v) is 3.93. The fourth-order valence-electron chi connectivity index (χ4n) is 1.53. The Morgan fingerprint density at radius 3 is 2.89 bits per heavy atom. The predicted octanol–water partition coefficient (Wildman–Crippen LogP) is 1.94. The third-order valence-electron chi connectivity index (χ3n) is 2.55. The fraction of sp³-hybridized carbons (Fsp3) is 0.308. The van der Waals surface area contributed by atoms with Crippen LogP contribution in [0.3, 0.4) is 0 Å². The fourth-order valence-corrected chi connectivity index (χ4v) is 1.53. The van der Waals surface area contributed by atoms with Crippen molar-refractivity contribution < 1.29 is 13.6 Å². The average Bonchev–Trinajstić information content (AvgIpc) is 2.87. The van der Waals surface area contributed by atoms with Crippen LogP contribution in [0.25, 0.3) is 11.5 Å². The molecule has 0 aliphatic carbocycles. The van der Waals surface area contributed by atoms with Crippen LogP contribution >= 0.6 is 0 Å². The topological polar surface area (TPSA) is 68.0 Å². The third-order valence-corrected chi connectivity index (χ3v) is 2.55. The van der Waals surface area contributed by atoms with Gasteiger partial charge in [0.2, 0.25) is 11.8 Å². The molecule has 0 saturated carbocycles. The molecule has 1 N–H and O–H groups in total. The van der Waals surface area contributed by atoms with E-state index in [4.69, 9.17) is 4.42 Å². The summed E-state index contributed by atoms with van der Waals surface area (Å²) in [6.45, 7) is 2.20. The molecule has 1 aromatic heterocycles. The highest BCUT2D eigenvalue weighted by atomic mass is 19.1. The highest BCUT2D eigenvalue weighted by Gasteiger charge is 2.12. The second kappa shape index (κ2) is 6.08. The van der Waals surface area contributed by atoms with E-state index in [1.54, 1.807) is 25.1 Å². The molecule has 0 unspecified atom stereocenters. The number of nitrogens with one attached hydrogen (secondary N) is 1. The van der Waals surface area contributed by atoms with Crippen molar-refractivity contribution in [2.75, 3.05) is 6.54 Å². The van der Waals surface area contributed by atoms with E-state index in [2.05, 4.69) is 15.5 Å². The maximum absolute atomic E-state index is 13.5. The van der Waals surface area contributed by atoms with Crippen LogP contribution in [0.2, 0.25) is 0 Å². The Labute approximate surface area is 109 Å². The van der Waals surface area contributed by atoms with Gasteiger partial charge in [-0.2, -0.15) is 0 Å². The average molecular weight is 263 g/mol. The molecule has 0 bridgehead atoms. The Balaban J connectivity index is 2.00. The van der Waals surface area contributed by atoms with Crippen molar-refractivity contribution >= 4 is 5.91 Å². The molecular weight excluding hydrogens is 249 g/mol. The minimum atomic E-state index is -0.406. The third kappa shape index (κ3) is 3.37. The first-order chi connectivity index (χ1) is 9.20. The Morgan fingerprint density at radius 1 is 1.37 bits per heavy atom. The van der Waals surface area contributed by atoms with E-state index in [0.717, 1.165) is 0 Å². The number of amides is 1. The minimum absolute atomic E-state index is 0.0335. The molecule has 2 rings (SSSR count). The Bertz CT molecular complexity index is 569. The highest BCUT2D eigenvalue weighted by molar-refractivity contribution is 5.75. The molecule has 0 radical (unpaired) electrons. The number of carbonyl (C=O) groups excluding carboxylic acids is 1. The van der Waals surface area contributed by atoms with Crippen molar-refractivity contribution in [1.29, 1.82) is 0 Å². The van der Waals surface area contributed by atoms with Gasteiger partial charge in [0.1, 0.15) is 5.82 Å². The number of aromatic nitrogens is 2. The first-order valence-corrected chi connectivity index (χ1v) is 6.04. The van der Waals surface area contributed by atoms with Gasteiger partial charge in [-0.15, -0.1) is 10.2 Å². The van der Waals surface area contributed by atoms with Crippen LogP contribution in [-0.2, 0) is 11.2 Å². The lowest BCUT2D eigenvalue weighted by atomic mass is 10.2. The van der Waals surface area contributed by atoms with Crippen LogP contribution in [0.1, 0.15) is 19.2 Å². The maximum atomic E-state index is 13.5. The zero-order valence-corrected chi connectivity index (χ0v) is 10.5. The Morgan fingerprint density at radius 2 is 2.16 bits per heavy atom. The molecule has 2 aromatic rings. The first-order valence-electron chi connectivity index (χ1n) is 6.04. The van der Waals surface area contributed by atoms with Crippen molar-refractivity contribution in [3.8, 4) is 11.5 Å². The van der Waals surface area contributed by atoms with Crippen LogP contribution in [0, 0.1) is 5.82 Å². The maximum Gasteiger partial charge on any atom is 0.250 e. The van der Waals surface area contributed by atoms with Gasteiger partial charge in [-0.05, 0) is 12.1 Å². The summed E-state index contributed by atoms with van der Waals surface area (Å²) in [5.41, 5.74) is 0.277. The summed E-state index contributed by atoms with van der Waals surface area (Å²) in [7, 11) is 0. The lowest BCUT2D eigenvalue weighted by Crippen LogP contribution is -2.24. The standard InChI is InChI=1S/C13H14FN3O2/c1-2-11(18)15-8-7-12-16-17-13(19-12)9-5-3-4-6-10(9)14/h3-6H,2,7-8H2,1H3,(H,15,18). The molecule has 1 heterocycles. The highest BCUT2D eigenvalue weighted by Crippen LogP contribution is 2.20. The van der Waals surface area contributed by atoms with Crippen molar-refractivity contribution in [3.05, 3.63) is 36.0 Å². The van der Waals surface area contributed by atoms with E-state index in [0.29, 0.717) is 25.3 Å². The molecule has 0 spiro atoms. The summed E-state index contributed by atoms with van der Waals surface area (Å²) in [6, 6.07) is 6.20. The van der Waals surface area contributed by atoms with Crippen molar-refractivity contribution in [2.45, 2.75) is 19.8 Å². The molecule has 0 aliphatic rings. The number of carbonyl (C=O) groups is 1. The zero-order valence-electron chi connectivity index (χ0n) is 10.5. The summed E-state index contributed by atoms with van der Waals surface area (Å²) < 4.78 is 18.9. The number of hydrogen-bond donors (Lipinski definition) is 1. The van der Waals surface area contributed by atoms with Crippen LogP contribution in [0.15, 0.2) is 28.7 Å². The Kier molecular flexibility index (Phi) is 4.22. The van der Waals surface area contributed by atoms with Gasteiger partial charge in [-0.3, -0.25) is 4.79 Å². The van der Waals surface area contributed by atoms with Crippen LogP contribution in [0.5, 0.6) is 0 Å². The van der Waals surface area contributed by atoms with Crippen molar-refractivity contribution in [1.82, 2.24) is 15.5 Å². The first kappa shape index (κ1) is 13.2. The van der Waals surface area contributed by atoms with Gasteiger partial charge >= 0.3 is 0 Å². The van der Waals surface area contributed by atoms with E-state index in [1.807, 2.05) is 0 Å². The molecule has 0 saturated heterocycles. The predicted molar refractivity (Wildman–Crippen MR) is 66.7 cm³/mol. The normalized spacial score (nSPS) is 10.4. The number of rotatable bonds is 5. The number of benzene rings is 1. The van der Waals surface area contributed by atoms with E-state index in [1.165, 1.54) is 6.07 Å². The number of halogens is 1. The SMILES string of the molecule is CCC(=O)NCCc1nnc(-c2ccccc2F)o1. The summed E-state index contributed by atoms with van der Waals surface area (Å²) in [5.74, 6) is 0.0791. The molecule has 0 aliphatic heterocycles. The zero-order chi connectivity index (χ0) is 13.7. The number of hydrogen-bond acceptors (Lipinski definition) is 4. The lowest BCUT2D eigenvalue weighted by molar-refractivity contribution is -0.120.